The number of rotatable bonds is 4. The highest BCUT2D eigenvalue weighted by Crippen LogP contribution is 2.08. The number of carbonyl (C=O) groups is 1. The summed E-state index contributed by atoms with van der Waals surface area (Å²) in [4.78, 5) is 10.7. The van der Waals surface area contributed by atoms with Crippen LogP contribution in [0.25, 0.3) is 0 Å². The van der Waals surface area contributed by atoms with Crippen LogP contribution in [0.5, 0.6) is 0 Å². The third-order valence-electron chi connectivity index (χ3n) is 1.74. The molecule has 0 spiro atoms. The lowest BCUT2D eigenvalue weighted by Gasteiger charge is -2.05. The van der Waals surface area contributed by atoms with E-state index >= 15 is 0 Å². The zero-order chi connectivity index (χ0) is 12.2. The predicted molar refractivity (Wildman–Crippen MR) is 55.1 cm³/mol. The van der Waals surface area contributed by atoms with Gasteiger partial charge < -0.3 is 5.32 Å². The van der Waals surface area contributed by atoms with Gasteiger partial charge in [0.2, 0.25) is 15.9 Å². The molecule has 0 aliphatic heterocycles. The maximum absolute atomic E-state index is 12.6. The van der Waals surface area contributed by atoms with Crippen LogP contribution in [0.15, 0.2) is 29.2 Å². The molecule has 7 heteroatoms. The van der Waals surface area contributed by atoms with Gasteiger partial charge in [-0.1, -0.05) is 0 Å². The first-order valence-electron chi connectivity index (χ1n) is 4.27. The van der Waals surface area contributed by atoms with Crippen LogP contribution in [0.1, 0.15) is 0 Å². The molecule has 0 saturated carbocycles. The number of sulfonamides is 1. The molecule has 1 radical (unpaired) electrons. The molecular weight excluding hydrogens is 235 g/mol. The monoisotopic (exact) mass is 245 g/mol. The molecule has 0 unspecified atom stereocenters. The Bertz CT molecular complexity index is 470. The van der Waals surface area contributed by atoms with Gasteiger partial charge in [0.1, 0.15) is 5.82 Å². The first-order chi connectivity index (χ1) is 7.45. The molecule has 0 fully saturated rings. The molecule has 87 valence electrons. The van der Waals surface area contributed by atoms with Gasteiger partial charge in [0, 0.05) is 7.05 Å². The van der Waals surface area contributed by atoms with E-state index < -0.39 is 28.3 Å². The highest BCUT2D eigenvalue weighted by molar-refractivity contribution is 7.89. The van der Waals surface area contributed by atoms with E-state index in [1.54, 1.807) is 0 Å². The van der Waals surface area contributed by atoms with Gasteiger partial charge in [-0.3, -0.25) is 4.79 Å². The summed E-state index contributed by atoms with van der Waals surface area (Å²) in [6, 6.07) is 4.27. The van der Waals surface area contributed by atoms with Crippen LogP contribution in [0.3, 0.4) is 0 Å². The Labute approximate surface area is 92.7 Å². The smallest absolute Gasteiger partial charge is 0.241 e. The third-order valence-corrected chi connectivity index (χ3v) is 3.16. The van der Waals surface area contributed by atoms with Gasteiger partial charge in [-0.25, -0.2) is 17.5 Å². The first kappa shape index (κ1) is 12.6. The van der Waals surface area contributed by atoms with Crippen LogP contribution in [-0.2, 0) is 14.8 Å². The van der Waals surface area contributed by atoms with E-state index in [1.807, 2.05) is 10.0 Å². The van der Waals surface area contributed by atoms with Crippen molar-refractivity contribution in [3.05, 3.63) is 37.1 Å². The van der Waals surface area contributed by atoms with Gasteiger partial charge in [0.05, 0.1) is 11.4 Å². The van der Waals surface area contributed by atoms with Crippen LogP contribution in [0, 0.1) is 12.9 Å². The lowest BCUT2D eigenvalue weighted by Crippen LogP contribution is -2.34. The van der Waals surface area contributed by atoms with Crippen molar-refractivity contribution in [3.63, 3.8) is 0 Å². The Balaban J connectivity index is 2.78. The van der Waals surface area contributed by atoms with E-state index in [1.165, 1.54) is 0 Å². The largest absolute Gasteiger partial charge is 0.353 e. The molecule has 1 amide bonds. The summed E-state index contributed by atoms with van der Waals surface area (Å²) in [5.41, 5.74) is 0. The van der Waals surface area contributed by atoms with E-state index in [9.17, 15) is 17.6 Å². The number of halogens is 1. The molecule has 0 aromatic heterocycles. The van der Waals surface area contributed by atoms with Gasteiger partial charge >= 0.3 is 0 Å². The van der Waals surface area contributed by atoms with Crippen molar-refractivity contribution in [3.8, 4) is 0 Å². The van der Waals surface area contributed by atoms with Crippen molar-refractivity contribution in [2.75, 3.05) is 6.54 Å². The average molecular weight is 245 g/mol. The Morgan fingerprint density at radius 1 is 1.31 bits per heavy atom. The van der Waals surface area contributed by atoms with Crippen LogP contribution >= 0.6 is 0 Å². The minimum atomic E-state index is -3.79. The summed E-state index contributed by atoms with van der Waals surface area (Å²) in [7, 11) is -0.701. The van der Waals surface area contributed by atoms with Crippen LogP contribution < -0.4 is 10.0 Å². The van der Waals surface area contributed by atoms with Crippen LogP contribution in [0.4, 0.5) is 4.39 Å². The van der Waals surface area contributed by atoms with E-state index in [0.29, 0.717) is 0 Å². The zero-order valence-electron chi connectivity index (χ0n) is 8.23. The minimum absolute atomic E-state index is 0.106. The summed E-state index contributed by atoms with van der Waals surface area (Å²) >= 11 is 0. The maximum atomic E-state index is 12.6. The number of carbonyl (C=O) groups excluding carboxylic acids is 1. The highest BCUT2D eigenvalue weighted by atomic mass is 32.2. The van der Waals surface area contributed by atoms with Crippen molar-refractivity contribution in [2.45, 2.75) is 4.90 Å². The molecular formula is C9H10FN2O3S. The predicted octanol–water partition coefficient (Wildman–Crippen LogP) is 0.0118. The lowest BCUT2D eigenvalue weighted by molar-refractivity contribution is -0.119. The molecule has 0 bridgehead atoms. The molecule has 0 heterocycles. The molecule has 16 heavy (non-hydrogen) atoms. The summed E-state index contributed by atoms with van der Waals surface area (Å²) in [5.74, 6) is -1.10. The van der Waals surface area contributed by atoms with Crippen LogP contribution in [0.2, 0.25) is 0 Å². The molecule has 5 nitrogen and oxygen atoms in total. The highest BCUT2D eigenvalue weighted by Gasteiger charge is 2.14. The van der Waals surface area contributed by atoms with E-state index in [-0.39, 0.29) is 4.90 Å². The second-order valence-electron chi connectivity index (χ2n) is 2.88. The molecule has 2 N–H and O–H groups in total. The number of amides is 1. The van der Waals surface area contributed by atoms with Gasteiger partial charge in [-0.05, 0) is 24.3 Å². The molecule has 0 saturated heterocycles. The van der Waals surface area contributed by atoms with Crippen molar-refractivity contribution in [1.29, 1.82) is 0 Å². The fourth-order valence-corrected chi connectivity index (χ4v) is 1.90. The first-order valence-corrected chi connectivity index (χ1v) is 5.75. The Morgan fingerprint density at radius 3 is 2.38 bits per heavy atom. The number of benzene rings is 1. The number of hydrogen-bond donors (Lipinski definition) is 2. The van der Waals surface area contributed by atoms with E-state index in [4.69, 9.17) is 0 Å². The maximum Gasteiger partial charge on any atom is 0.241 e. The van der Waals surface area contributed by atoms with Gasteiger partial charge in [-0.2, -0.15) is 0 Å². The summed E-state index contributed by atoms with van der Waals surface area (Å²) in [6.07, 6.45) is 0. The molecule has 0 aliphatic carbocycles. The fraction of sp³-hybridized carbons (Fsp3) is 0.111. The van der Waals surface area contributed by atoms with Gasteiger partial charge in [-0.15, -0.1) is 0 Å². The molecule has 0 aliphatic rings. The normalized spacial score (nSPS) is 11.1. The zero-order valence-corrected chi connectivity index (χ0v) is 9.05. The molecule has 1 rings (SSSR count). The average Bonchev–Trinajstić information content (AvgIpc) is 2.26. The minimum Gasteiger partial charge on any atom is -0.353 e. The Morgan fingerprint density at radius 2 is 1.88 bits per heavy atom. The Hall–Kier alpha value is -1.47. The second-order valence-corrected chi connectivity index (χ2v) is 4.65. The van der Waals surface area contributed by atoms with Gasteiger partial charge in [0.15, 0.2) is 0 Å². The third kappa shape index (κ3) is 3.28. The SMILES string of the molecule is [CH2]NC(=O)CNS(=O)(=O)c1ccc(F)cc1. The number of hydrogen-bond acceptors (Lipinski definition) is 3. The summed E-state index contributed by atoms with van der Waals surface area (Å²) in [5, 5.41) is 2.02. The van der Waals surface area contributed by atoms with Crippen molar-refractivity contribution >= 4 is 15.9 Å². The molecule has 1 aromatic carbocycles. The van der Waals surface area contributed by atoms with Crippen molar-refractivity contribution in [2.24, 2.45) is 0 Å². The van der Waals surface area contributed by atoms with Gasteiger partial charge in [0.25, 0.3) is 0 Å². The standard InChI is InChI=1S/C9H10FN2O3S/c1-11-9(13)6-12-16(14,15)8-4-2-7(10)3-5-8/h2-5,12H,1,6H2,(H,11,13). The molecule has 0 atom stereocenters. The second kappa shape index (κ2) is 5.04. The van der Waals surface area contributed by atoms with Crippen molar-refractivity contribution in [1.82, 2.24) is 10.0 Å². The number of nitrogens with one attached hydrogen (secondary N) is 2. The summed E-state index contributed by atoms with van der Waals surface area (Å²) in [6.45, 7) is -0.413. The van der Waals surface area contributed by atoms with Crippen LogP contribution in [-0.4, -0.2) is 20.9 Å². The van der Waals surface area contributed by atoms with E-state index in [2.05, 4.69) is 7.05 Å². The lowest BCUT2D eigenvalue weighted by atomic mass is 10.4. The quantitative estimate of drug-likeness (QED) is 0.784. The Kier molecular flexibility index (Phi) is 3.97. The topological polar surface area (TPSA) is 75.3 Å². The van der Waals surface area contributed by atoms with Crippen molar-refractivity contribution < 1.29 is 17.6 Å². The van der Waals surface area contributed by atoms with E-state index in [0.717, 1.165) is 24.3 Å². The molecule has 1 aromatic rings. The summed E-state index contributed by atoms with van der Waals surface area (Å²) < 4.78 is 37.7. The fourth-order valence-electron chi connectivity index (χ4n) is 0.920.